The predicted molar refractivity (Wildman–Crippen MR) is 94.5 cm³/mol. The Bertz CT molecular complexity index is 864. The molecule has 3 rings (SSSR count). The number of nitrogens with zero attached hydrogens (tertiary/aromatic N) is 3. The summed E-state index contributed by atoms with van der Waals surface area (Å²) in [4.78, 5) is 12.0. The van der Waals surface area contributed by atoms with Crippen LogP contribution in [0.15, 0.2) is 46.2 Å². The number of carbonyl (C=O) groups excluding carboxylic acids is 1. The van der Waals surface area contributed by atoms with Crippen LogP contribution in [0.3, 0.4) is 0 Å². The van der Waals surface area contributed by atoms with Gasteiger partial charge in [0.05, 0.1) is 22.1 Å². The van der Waals surface area contributed by atoms with Crippen molar-refractivity contribution in [3.8, 4) is 11.6 Å². The minimum absolute atomic E-state index is 0.180. The molecule has 0 unspecified atom stereocenters. The Labute approximate surface area is 152 Å². The quantitative estimate of drug-likeness (QED) is 0.672. The molecule has 1 aromatic carbocycles. The Morgan fingerprint density at radius 2 is 2.12 bits per heavy atom. The lowest BCUT2D eigenvalue weighted by Gasteiger charge is -2.06. The number of anilines is 1. The van der Waals surface area contributed by atoms with Crippen LogP contribution in [0.2, 0.25) is 10.0 Å². The second-order valence-electron chi connectivity index (χ2n) is 4.81. The maximum absolute atomic E-state index is 12.0. The molecule has 24 heavy (non-hydrogen) atoms. The second-order valence-corrected chi connectivity index (χ2v) is 6.57. The van der Waals surface area contributed by atoms with Gasteiger partial charge in [-0.3, -0.25) is 4.79 Å². The fourth-order valence-electron chi connectivity index (χ4n) is 1.96. The third-order valence-electron chi connectivity index (χ3n) is 3.11. The van der Waals surface area contributed by atoms with Gasteiger partial charge in [0, 0.05) is 12.7 Å². The van der Waals surface area contributed by atoms with Crippen molar-refractivity contribution in [2.24, 2.45) is 7.05 Å². The molecule has 1 N–H and O–H groups in total. The molecule has 0 radical (unpaired) electrons. The van der Waals surface area contributed by atoms with Crippen molar-refractivity contribution in [2.45, 2.75) is 5.16 Å². The van der Waals surface area contributed by atoms with Crippen molar-refractivity contribution < 1.29 is 9.21 Å². The second kappa shape index (κ2) is 7.29. The molecule has 0 aliphatic rings. The van der Waals surface area contributed by atoms with E-state index in [-0.39, 0.29) is 11.7 Å². The maximum atomic E-state index is 12.0. The molecule has 0 fully saturated rings. The van der Waals surface area contributed by atoms with Gasteiger partial charge in [-0.25, -0.2) is 0 Å². The summed E-state index contributed by atoms with van der Waals surface area (Å²) in [5, 5.41) is 12.3. The fourth-order valence-corrected chi connectivity index (χ4v) is 2.97. The van der Waals surface area contributed by atoms with Crippen molar-refractivity contribution in [1.82, 2.24) is 14.8 Å². The van der Waals surface area contributed by atoms with Crippen LogP contribution in [0.4, 0.5) is 5.69 Å². The van der Waals surface area contributed by atoms with Crippen LogP contribution >= 0.6 is 35.0 Å². The lowest BCUT2D eigenvalue weighted by Crippen LogP contribution is -2.14. The summed E-state index contributed by atoms with van der Waals surface area (Å²) in [6.45, 7) is 0. The van der Waals surface area contributed by atoms with Crippen molar-refractivity contribution >= 4 is 46.6 Å². The average Bonchev–Trinajstić information content (AvgIpc) is 3.19. The van der Waals surface area contributed by atoms with Gasteiger partial charge in [0.25, 0.3) is 0 Å². The number of hydrogen-bond acceptors (Lipinski definition) is 5. The van der Waals surface area contributed by atoms with Gasteiger partial charge in [0.15, 0.2) is 16.7 Å². The third kappa shape index (κ3) is 3.75. The molecule has 0 bridgehead atoms. The van der Waals surface area contributed by atoms with Gasteiger partial charge in [-0.15, -0.1) is 10.2 Å². The van der Waals surface area contributed by atoms with Gasteiger partial charge < -0.3 is 14.3 Å². The molecule has 0 aliphatic carbocycles. The molecule has 1 amide bonds. The van der Waals surface area contributed by atoms with Gasteiger partial charge >= 0.3 is 0 Å². The number of amides is 1. The first-order chi connectivity index (χ1) is 11.5. The van der Waals surface area contributed by atoms with E-state index in [0.29, 0.717) is 32.5 Å². The van der Waals surface area contributed by atoms with Crippen molar-refractivity contribution in [3.05, 3.63) is 46.6 Å². The van der Waals surface area contributed by atoms with Crippen molar-refractivity contribution in [2.75, 3.05) is 11.1 Å². The largest absolute Gasteiger partial charge is 0.461 e. The normalized spacial score (nSPS) is 10.8. The van der Waals surface area contributed by atoms with Crippen LogP contribution in [0.25, 0.3) is 11.6 Å². The first kappa shape index (κ1) is 16.9. The SMILES string of the molecule is Cn1c(SCC(=O)Nc2ccc(Cl)c(Cl)c2)nnc1-c1ccco1. The molecule has 2 aromatic heterocycles. The van der Waals surface area contributed by atoms with Gasteiger partial charge in [-0.2, -0.15) is 0 Å². The van der Waals surface area contributed by atoms with Crippen LogP contribution in [0, 0.1) is 0 Å². The van der Waals surface area contributed by atoms with E-state index in [0.717, 1.165) is 0 Å². The van der Waals surface area contributed by atoms with E-state index in [1.807, 2.05) is 7.05 Å². The fraction of sp³-hybridized carbons (Fsp3) is 0.133. The van der Waals surface area contributed by atoms with Gasteiger partial charge in [-0.05, 0) is 30.3 Å². The third-order valence-corrected chi connectivity index (χ3v) is 4.87. The zero-order chi connectivity index (χ0) is 17.1. The van der Waals surface area contributed by atoms with E-state index in [9.17, 15) is 4.79 Å². The van der Waals surface area contributed by atoms with Crippen LogP contribution < -0.4 is 5.32 Å². The molecule has 0 saturated heterocycles. The molecule has 6 nitrogen and oxygen atoms in total. The molecule has 3 aromatic rings. The molecule has 2 heterocycles. The number of hydrogen-bond donors (Lipinski definition) is 1. The highest BCUT2D eigenvalue weighted by atomic mass is 35.5. The molecule has 0 atom stereocenters. The van der Waals surface area contributed by atoms with E-state index in [1.54, 1.807) is 41.2 Å². The standard InChI is InChI=1S/C15H12Cl2N4O2S/c1-21-14(12-3-2-6-23-12)19-20-15(21)24-8-13(22)18-9-4-5-10(16)11(17)7-9/h2-7H,8H2,1H3,(H,18,22). The summed E-state index contributed by atoms with van der Waals surface area (Å²) in [6.07, 6.45) is 1.57. The molecular formula is C15H12Cl2N4O2S. The average molecular weight is 383 g/mol. The van der Waals surface area contributed by atoms with Gasteiger partial charge in [0.2, 0.25) is 5.91 Å². The highest BCUT2D eigenvalue weighted by Crippen LogP contribution is 2.26. The summed E-state index contributed by atoms with van der Waals surface area (Å²) >= 11 is 13.0. The summed E-state index contributed by atoms with van der Waals surface area (Å²) in [6, 6.07) is 8.50. The Hall–Kier alpha value is -1.96. The van der Waals surface area contributed by atoms with Crippen LogP contribution in [-0.4, -0.2) is 26.4 Å². The van der Waals surface area contributed by atoms with Crippen LogP contribution in [-0.2, 0) is 11.8 Å². The highest BCUT2D eigenvalue weighted by Gasteiger charge is 2.14. The molecule has 0 spiro atoms. The van der Waals surface area contributed by atoms with E-state index in [1.165, 1.54) is 11.8 Å². The summed E-state index contributed by atoms with van der Waals surface area (Å²) in [5.74, 6) is 1.23. The number of benzene rings is 1. The van der Waals surface area contributed by atoms with Gasteiger partial charge in [0.1, 0.15) is 0 Å². The molecular weight excluding hydrogens is 371 g/mol. The smallest absolute Gasteiger partial charge is 0.234 e. The predicted octanol–water partition coefficient (Wildman–Crippen LogP) is 4.11. The zero-order valence-corrected chi connectivity index (χ0v) is 14.8. The number of furan rings is 1. The van der Waals surface area contributed by atoms with Crippen molar-refractivity contribution in [3.63, 3.8) is 0 Å². The number of aromatic nitrogens is 3. The minimum atomic E-state index is -0.180. The lowest BCUT2D eigenvalue weighted by atomic mass is 10.3. The Morgan fingerprint density at radius 1 is 1.29 bits per heavy atom. The van der Waals surface area contributed by atoms with E-state index >= 15 is 0 Å². The summed E-state index contributed by atoms with van der Waals surface area (Å²) in [5.41, 5.74) is 0.587. The number of nitrogens with one attached hydrogen (secondary N) is 1. The number of rotatable bonds is 5. The number of halogens is 2. The van der Waals surface area contributed by atoms with Crippen molar-refractivity contribution in [1.29, 1.82) is 0 Å². The van der Waals surface area contributed by atoms with Crippen LogP contribution in [0.1, 0.15) is 0 Å². The summed E-state index contributed by atoms with van der Waals surface area (Å²) in [7, 11) is 1.82. The van der Waals surface area contributed by atoms with E-state index in [4.69, 9.17) is 27.6 Å². The number of carbonyl (C=O) groups is 1. The molecule has 0 aliphatic heterocycles. The lowest BCUT2D eigenvalue weighted by molar-refractivity contribution is -0.113. The zero-order valence-electron chi connectivity index (χ0n) is 12.5. The Balaban J connectivity index is 1.61. The van der Waals surface area contributed by atoms with Crippen LogP contribution in [0.5, 0.6) is 0 Å². The number of thioether (sulfide) groups is 1. The molecule has 124 valence electrons. The topological polar surface area (TPSA) is 73.0 Å². The maximum Gasteiger partial charge on any atom is 0.234 e. The Morgan fingerprint density at radius 3 is 2.83 bits per heavy atom. The van der Waals surface area contributed by atoms with E-state index in [2.05, 4.69) is 15.5 Å². The molecule has 9 heteroatoms. The minimum Gasteiger partial charge on any atom is -0.461 e. The summed E-state index contributed by atoms with van der Waals surface area (Å²) < 4.78 is 7.08. The Kier molecular flexibility index (Phi) is 5.13. The molecule has 0 saturated carbocycles. The first-order valence-corrected chi connectivity index (χ1v) is 8.59. The first-order valence-electron chi connectivity index (χ1n) is 6.85. The van der Waals surface area contributed by atoms with Gasteiger partial charge in [-0.1, -0.05) is 35.0 Å². The van der Waals surface area contributed by atoms with E-state index < -0.39 is 0 Å². The monoisotopic (exact) mass is 382 g/mol. The highest BCUT2D eigenvalue weighted by molar-refractivity contribution is 7.99.